The summed E-state index contributed by atoms with van der Waals surface area (Å²) in [6.45, 7) is 6.44. The van der Waals surface area contributed by atoms with Gasteiger partial charge in [-0.2, -0.15) is 0 Å². The van der Waals surface area contributed by atoms with Gasteiger partial charge >= 0.3 is 0 Å². The highest BCUT2D eigenvalue weighted by Crippen LogP contribution is 2.49. The van der Waals surface area contributed by atoms with Gasteiger partial charge in [-0.1, -0.05) is 6.92 Å². The molecular formula is C18H34N2O3S. The molecule has 2 heterocycles. The van der Waals surface area contributed by atoms with E-state index in [0.29, 0.717) is 19.5 Å². The number of piperidine rings is 2. The molecule has 0 aromatic rings. The average molecular weight is 359 g/mol. The van der Waals surface area contributed by atoms with Gasteiger partial charge in [0.2, 0.25) is 10.0 Å². The van der Waals surface area contributed by atoms with Crippen LogP contribution in [-0.4, -0.2) is 57.4 Å². The van der Waals surface area contributed by atoms with Crippen molar-refractivity contribution >= 4 is 10.0 Å². The number of hydrogen-bond acceptors (Lipinski definition) is 4. The summed E-state index contributed by atoms with van der Waals surface area (Å²) < 4.78 is 31.9. The van der Waals surface area contributed by atoms with Crippen LogP contribution in [0.2, 0.25) is 0 Å². The van der Waals surface area contributed by atoms with Crippen LogP contribution in [-0.2, 0) is 14.8 Å². The van der Waals surface area contributed by atoms with Crippen molar-refractivity contribution in [1.82, 2.24) is 9.62 Å². The maximum Gasteiger partial charge on any atom is 0.214 e. The summed E-state index contributed by atoms with van der Waals surface area (Å²) in [5, 5.41) is 3.45. The van der Waals surface area contributed by atoms with E-state index in [-0.39, 0.29) is 11.9 Å². The van der Waals surface area contributed by atoms with Crippen molar-refractivity contribution in [3.05, 3.63) is 0 Å². The average Bonchev–Trinajstić information content (AvgIpc) is 3.36. The van der Waals surface area contributed by atoms with Crippen molar-refractivity contribution in [2.45, 2.75) is 58.0 Å². The molecule has 2 saturated heterocycles. The molecule has 2 atom stereocenters. The molecule has 24 heavy (non-hydrogen) atoms. The van der Waals surface area contributed by atoms with Gasteiger partial charge in [0.1, 0.15) is 0 Å². The highest BCUT2D eigenvalue weighted by atomic mass is 32.2. The minimum absolute atomic E-state index is 0.258. The minimum Gasteiger partial charge on any atom is -0.378 e. The summed E-state index contributed by atoms with van der Waals surface area (Å²) in [6.07, 6.45) is 7.97. The third-order valence-corrected chi connectivity index (χ3v) is 8.14. The molecule has 1 unspecified atom stereocenters. The van der Waals surface area contributed by atoms with Crippen LogP contribution in [0.15, 0.2) is 0 Å². The van der Waals surface area contributed by atoms with E-state index in [1.54, 1.807) is 4.31 Å². The van der Waals surface area contributed by atoms with Crippen molar-refractivity contribution in [3.63, 3.8) is 0 Å². The fourth-order valence-corrected chi connectivity index (χ4v) is 6.04. The van der Waals surface area contributed by atoms with Gasteiger partial charge in [-0.05, 0) is 75.8 Å². The normalized spacial score (nSPS) is 30.5. The topological polar surface area (TPSA) is 58.6 Å². The number of nitrogens with one attached hydrogen (secondary N) is 1. The molecule has 0 aromatic carbocycles. The first-order valence-electron chi connectivity index (χ1n) is 9.90. The number of nitrogens with zero attached hydrogens (tertiary/aromatic N) is 1. The zero-order chi connectivity index (χ0) is 17.0. The Morgan fingerprint density at radius 1 is 1.12 bits per heavy atom. The maximum atomic E-state index is 12.1. The second-order valence-corrected chi connectivity index (χ2v) is 9.91. The summed E-state index contributed by atoms with van der Waals surface area (Å²) in [4.78, 5) is 0. The van der Waals surface area contributed by atoms with E-state index >= 15 is 0 Å². The standard InChI is InChI=1S/C18H34N2O3S/c1-2-13-24(21,22)20-10-5-17(6-11-20)23-12-7-16-14-18(16)15-3-8-19-9-4-15/h15-19H,2-14H2,1H3/t16?,18-/m1/s1. The van der Waals surface area contributed by atoms with Crippen LogP contribution >= 0.6 is 0 Å². The van der Waals surface area contributed by atoms with Crippen LogP contribution in [0.25, 0.3) is 0 Å². The van der Waals surface area contributed by atoms with Crippen LogP contribution in [0.1, 0.15) is 51.9 Å². The molecule has 0 spiro atoms. The van der Waals surface area contributed by atoms with Crippen LogP contribution in [0.3, 0.4) is 0 Å². The Morgan fingerprint density at radius 2 is 1.83 bits per heavy atom. The van der Waals surface area contributed by atoms with Crippen molar-refractivity contribution in [3.8, 4) is 0 Å². The van der Waals surface area contributed by atoms with E-state index in [2.05, 4.69) is 5.32 Å². The molecule has 1 aliphatic carbocycles. The highest BCUT2D eigenvalue weighted by Gasteiger charge is 2.42. The molecule has 0 aromatic heterocycles. The van der Waals surface area contributed by atoms with Crippen molar-refractivity contribution in [2.75, 3.05) is 38.5 Å². The van der Waals surface area contributed by atoms with Crippen LogP contribution in [0.5, 0.6) is 0 Å². The summed E-state index contributed by atoms with van der Waals surface area (Å²) in [6, 6.07) is 0. The lowest BCUT2D eigenvalue weighted by molar-refractivity contribution is 0.0174. The first-order valence-corrected chi connectivity index (χ1v) is 11.5. The Kier molecular flexibility index (Phi) is 6.57. The van der Waals surface area contributed by atoms with Gasteiger partial charge in [-0.3, -0.25) is 0 Å². The monoisotopic (exact) mass is 358 g/mol. The summed E-state index contributed by atoms with van der Waals surface area (Å²) >= 11 is 0. The number of hydrogen-bond donors (Lipinski definition) is 1. The lowest BCUT2D eigenvalue weighted by atomic mass is 9.91. The highest BCUT2D eigenvalue weighted by molar-refractivity contribution is 7.89. The molecule has 2 aliphatic heterocycles. The molecule has 140 valence electrons. The molecular weight excluding hydrogens is 324 g/mol. The molecule has 3 fully saturated rings. The van der Waals surface area contributed by atoms with Gasteiger partial charge in [0.25, 0.3) is 0 Å². The SMILES string of the molecule is CCCS(=O)(=O)N1CCC(OCCC2C[C@@H]2C2CCNCC2)CC1. The Hall–Kier alpha value is -0.170. The molecule has 0 bridgehead atoms. The largest absolute Gasteiger partial charge is 0.378 e. The minimum atomic E-state index is -3.03. The number of sulfonamides is 1. The predicted octanol–water partition coefficient (Wildman–Crippen LogP) is 2.23. The van der Waals surface area contributed by atoms with Gasteiger partial charge in [-0.15, -0.1) is 0 Å². The van der Waals surface area contributed by atoms with Crippen LogP contribution < -0.4 is 5.32 Å². The second kappa shape index (κ2) is 8.47. The van der Waals surface area contributed by atoms with Gasteiger partial charge in [-0.25, -0.2) is 12.7 Å². The molecule has 1 saturated carbocycles. The summed E-state index contributed by atoms with van der Waals surface area (Å²) in [5.74, 6) is 3.07. The lowest BCUT2D eigenvalue weighted by Crippen LogP contribution is -2.41. The van der Waals surface area contributed by atoms with Gasteiger partial charge < -0.3 is 10.1 Å². The quantitative estimate of drug-likeness (QED) is 0.723. The Morgan fingerprint density at radius 3 is 2.50 bits per heavy atom. The van der Waals surface area contributed by atoms with Gasteiger partial charge in [0, 0.05) is 19.7 Å². The molecule has 6 heteroatoms. The fourth-order valence-electron chi connectivity index (χ4n) is 4.50. The smallest absolute Gasteiger partial charge is 0.214 e. The summed E-state index contributed by atoms with van der Waals surface area (Å²) in [7, 11) is -3.03. The molecule has 5 nitrogen and oxygen atoms in total. The molecule has 3 aliphatic rings. The Labute approximate surface area is 147 Å². The molecule has 3 rings (SSSR count). The van der Waals surface area contributed by atoms with Gasteiger partial charge in [0.05, 0.1) is 11.9 Å². The van der Waals surface area contributed by atoms with Crippen molar-refractivity contribution in [2.24, 2.45) is 17.8 Å². The van der Waals surface area contributed by atoms with E-state index in [4.69, 9.17) is 4.74 Å². The van der Waals surface area contributed by atoms with E-state index in [9.17, 15) is 8.42 Å². The van der Waals surface area contributed by atoms with E-state index in [1.165, 1.54) is 38.8 Å². The molecule has 0 amide bonds. The number of ether oxygens (including phenoxy) is 1. The van der Waals surface area contributed by atoms with Crippen LogP contribution in [0.4, 0.5) is 0 Å². The van der Waals surface area contributed by atoms with Crippen molar-refractivity contribution < 1.29 is 13.2 Å². The lowest BCUT2D eigenvalue weighted by Gasteiger charge is -2.31. The zero-order valence-corrected chi connectivity index (χ0v) is 15.9. The third-order valence-electron chi connectivity index (χ3n) is 6.07. The van der Waals surface area contributed by atoms with E-state index in [0.717, 1.165) is 37.2 Å². The second-order valence-electron chi connectivity index (χ2n) is 7.82. The fraction of sp³-hybridized carbons (Fsp3) is 1.00. The third kappa shape index (κ3) is 4.93. The van der Waals surface area contributed by atoms with E-state index < -0.39 is 10.0 Å². The Bertz CT molecular complexity index is 482. The first kappa shape index (κ1) is 18.6. The van der Waals surface area contributed by atoms with Gasteiger partial charge in [0.15, 0.2) is 0 Å². The first-order chi connectivity index (χ1) is 11.6. The predicted molar refractivity (Wildman–Crippen MR) is 96.4 cm³/mol. The van der Waals surface area contributed by atoms with Crippen molar-refractivity contribution in [1.29, 1.82) is 0 Å². The zero-order valence-electron chi connectivity index (χ0n) is 15.1. The van der Waals surface area contributed by atoms with Crippen LogP contribution in [0, 0.1) is 17.8 Å². The molecule has 1 N–H and O–H groups in total. The van der Waals surface area contributed by atoms with E-state index in [1.807, 2.05) is 6.92 Å². The maximum absolute atomic E-state index is 12.1. The molecule has 0 radical (unpaired) electrons. The summed E-state index contributed by atoms with van der Waals surface area (Å²) in [5.41, 5.74) is 0. The number of rotatable bonds is 8. The Balaban J connectivity index is 1.29.